The van der Waals surface area contributed by atoms with E-state index in [4.69, 9.17) is 0 Å². The molecule has 0 fully saturated rings. The molecule has 0 spiro atoms. The third-order valence-electron chi connectivity index (χ3n) is 3.31. The second kappa shape index (κ2) is 8.73. The van der Waals surface area contributed by atoms with Crippen molar-refractivity contribution in [3.8, 4) is 5.75 Å². The summed E-state index contributed by atoms with van der Waals surface area (Å²) in [4.78, 5) is 38.1. The molecule has 0 saturated carbocycles. The normalized spacial score (nSPS) is 11.0. The Labute approximate surface area is 144 Å². The summed E-state index contributed by atoms with van der Waals surface area (Å²) in [6, 6.07) is 9.46. The Morgan fingerprint density at radius 2 is 1.88 bits per heavy atom. The highest BCUT2D eigenvalue weighted by Gasteiger charge is 2.23. The monoisotopic (exact) mass is 351 g/mol. The van der Waals surface area contributed by atoms with Crippen molar-refractivity contribution >= 4 is 24.2 Å². The average Bonchev–Trinajstić information content (AvgIpc) is 2.56. The van der Waals surface area contributed by atoms with E-state index < -0.39 is 23.1 Å². The summed E-state index contributed by atoms with van der Waals surface area (Å²) in [7, 11) is 1.47. The van der Waals surface area contributed by atoms with Crippen molar-refractivity contribution < 1.29 is 14.7 Å². The molecule has 1 aromatic heterocycles. The summed E-state index contributed by atoms with van der Waals surface area (Å²) in [5.74, 6) is -1.79. The molecule has 1 aromatic carbocycles. The van der Waals surface area contributed by atoms with Crippen LogP contribution in [0.2, 0.25) is 0 Å². The molecule has 24 heavy (non-hydrogen) atoms. The zero-order valence-corrected chi connectivity index (χ0v) is 13.7. The van der Waals surface area contributed by atoms with Gasteiger partial charge in [-0.3, -0.25) is 14.4 Å². The molecular formula is C16H18ClN3O4. The third kappa shape index (κ3) is 4.60. The van der Waals surface area contributed by atoms with Crippen molar-refractivity contribution in [3.05, 3.63) is 64.1 Å². The number of carbonyl (C=O) groups is 2. The van der Waals surface area contributed by atoms with Crippen molar-refractivity contribution in [3.63, 3.8) is 0 Å². The summed E-state index contributed by atoms with van der Waals surface area (Å²) in [5.41, 5.74) is -0.0832. The topological polar surface area (TPSA) is 111 Å². The molecule has 2 rings (SSSR count). The molecule has 1 atom stereocenters. The standard InChI is InChI=1S/C16H17N3O4.ClH/c1-17-15(22)11(9-10-5-3-2-4-6-10)19-16(23)13-14(21)12(20)7-8-18-13;/h2-8,11,21H,9H2,1H3,(H,17,22)(H,18,20)(H,19,23);1H/t11-;/m0./s1. The number of pyridine rings is 1. The number of aromatic amines is 1. The van der Waals surface area contributed by atoms with Crippen LogP contribution in [0.4, 0.5) is 0 Å². The first kappa shape index (κ1) is 19.2. The number of benzene rings is 1. The Morgan fingerprint density at radius 1 is 1.21 bits per heavy atom. The van der Waals surface area contributed by atoms with Gasteiger partial charge in [0, 0.05) is 25.7 Å². The molecule has 8 heteroatoms. The fraction of sp³-hybridized carbons (Fsp3) is 0.188. The van der Waals surface area contributed by atoms with Crippen LogP contribution in [0.1, 0.15) is 16.1 Å². The second-order valence-corrected chi connectivity index (χ2v) is 4.90. The van der Waals surface area contributed by atoms with Gasteiger partial charge in [-0.25, -0.2) is 0 Å². The number of rotatable bonds is 5. The van der Waals surface area contributed by atoms with Gasteiger partial charge in [-0.05, 0) is 5.56 Å². The zero-order chi connectivity index (χ0) is 16.8. The van der Waals surface area contributed by atoms with Crippen LogP contribution in [-0.4, -0.2) is 35.0 Å². The van der Waals surface area contributed by atoms with Crippen LogP contribution in [0.15, 0.2) is 47.4 Å². The highest BCUT2D eigenvalue weighted by molar-refractivity contribution is 5.97. The maximum absolute atomic E-state index is 12.2. The number of aromatic nitrogens is 1. The second-order valence-electron chi connectivity index (χ2n) is 4.90. The minimum atomic E-state index is -0.835. The van der Waals surface area contributed by atoms with E-state index in [2.05, 4.69) is 15.6 Å². The summed E-state index contributed by atoms with van der Waals surface area (Å²) in [6.07, 6.45) is 1.53. The van der Waals surface area contributed by atoms with E-state index >= 15 is 0 Å². The van der Waals surface area contributed by atoms with Gasteiger partial charge in [0.25, 0.3) is 5.91 Å². The molecule has 128 valence electrons. The van der Waals surface area contributed by atoms with Gasteiger partial charge in [0.05, 0.1) is 0 Å². The number of nitrogens with one attached hydrogen (secondary N) is 3. The zero-order valence-electron chi connectivity index (χ0n) is 12.9. The first-order chi connectivity index (χ1) is 11.0. The number of likely N-dealkylation sites (N-methyl/N-ethyl adjacent to an activating group) is 1. The first-order valence-corrected chi connectivity index (χ1v) is 7.00. The lowest BCUT2D eigenvalue weighted by Crippen LogP contribution is -2.47. The summed E-state index contributed by atoms with van der Waals surface area (Å²) in [5, 5.41) is 14.7. The molecule has 0 unspecified atom stereocenters. The maximum atomic E-state index is 12.2. The number of hydrogen-bond acceptors (Lipinski definition) is 4. The van der Waals surface area contributed by atoms with E-state index in [1.807, 2.05) is 30.3 Å². The van der Waals surface area contributed by atoms with Gasteiger partial charge in [0.2, 0.25) is 11.3 Å². The van der Waals surface area contributed by atoms with Crippen molar-refractivity contribution in [2.24, 2.45) is 0 Å². The van der Waals surface area contributed by atoms with Crippen molar-refractivity contribution in [1.82, 2.24) is 15.6 Å². The highest BCUT2D eigenvalue weighted by atomic mass is 35.5. The van der Waals surface area contributed by atoms with Crippen LogP contribution in [-0.2, 0) is 11.2 Å². The Kier molecular flexibility index (Phi) is 7.00. The SMILES string of the molecule is CNC(=O)[C@H](Cc1ccccc1)NC(=O)c1[nH]ccc(=O)c1O.Cl. The van der Waals surface area contributed by atoms with E-state index in [1.165, 1.54) is 13.2 Å². The van der Waals surface area contributed by atoms with Crippen LogP contribution in [0.25, 0.3) is 0 Å². The number of hydrogen-bond donors (Lipinski definition) is 4. The number of carbonyl (C=O) groups excluding carboxylic acids is 2. The molecule has 0 saturated heterocycles. The largest absolute Gasteiger partial charge is 0.503 e. The molecule has 0 aliphatic heterocycles. The van der Waals surface area contributed by atoms with Gasteiger partial charge in [-0.15, -0.1) is 12.4 Å². The molecule has 0 radical (unpaired) electrons. The molecule has 0 aliphatic carbocycles. The smallest absolute Gasteiger partial charge is 0.272 e. The minimum absolute atomic E-state index is 0. The van der Waals surface area contributed by atoms with Gasteiger partial charge >= 0.3 is 0 Å². The molecule has 4 N–H and O–H groups in total. The molecule has 2 amide bonds. The van der Waals surface area contributed by atoms with Crippen LogP contribution in [0.5, 0.6) is 5.75 Å². The lowest BCUT2D eigenvalue weighted by Gasteiger charge is -2.17. The van der Waals surface area contributed by atoms with Crippen LogP contribution >= 0.6 is 12.4 Å². The number of amides is 2. The lowest BCUT2D eigenvalue weighted by atomic mass is 10.1. The molecular weight excluding hydrogens is 334 g/mol. The van der Waals surface area contributed by atoms with E-state index in [9.17, 15) is 19.5 Å². The van der Waals surface area contributed by atoms with Crippen LogP contribution in [0, 0.1) is 0 Å². The van der Waals surface area contributed by atoms with Crippen LogP contribution in [0.3, 0.4) is 0 Å². The van der Waals surface area contributed by atoms with E-state index in [0.29, 0.717) is 0 Å². The quantitative estimate of drug-likeness (QED) is 0.631. The Hall–Kier alpha value is -2.80. The van der Waals surface area contributed by atoms with Gasteiger partial charge in [0.1, 0.15) is 6.04 Å². The van der Waals surface area contributed by atoms with Crippen molar-refractivity contribution in [2.45, 2.75) is 12.5 Å². The van der Waals surface area contributed by atoms with E-state index in [0.717, 1.165) is 11.6 Å². The first-order valence-electron chi connectivity index (χ1n) is 7.00. The number of H-pyrrole nitrogens is 1. The predicted octanol–water partition coefficient (Wildman–Crippen LogP) is 0.589. The average molecular weight is 352 g/mol. The summed E-state index contributed by atoms with van der Waals surface area (Å²) in [6.45, 7) is 0. The van der Waals surface area contributed by atoms with Crippen molar-refractivity contribution in [1.29, 1.82) is 0 Å². The highest BCUT2D eigenvalue weighted by Crippen LogP contribution is 2.09. The maximum Gasteiger partial charge on any atom is 0.272 e. The molecule has 0 bridgehead atoms. The minimum Gasteiger partial charge on any atom is -0.503 e. The fourth-order valence-electron chi connectivity index (χ4n) is 2.11. The molecule has 7 nitrogen and oxygen atoms in total. The van der Waals surface area contributed by atoms with E-state index in [1.54, 1.807) is 0 Å². The van der Waals surface area contributed by atoms with E-state index in [-0.39, 0.29) is 30.4 Å². The van der Waals surface area contributed by atoms with Gasteiger partial charge in [-0.1, -0.05) is 30.3 Å². The fourth-order valence-corrected chi connectivity index (χ4v) is 2.11. The lowest BCUT2D eigenvalue weighted by molar-refractivity contribution is -0.122. The van der Waals surface area contributed by atoms with Gasteiger partial charge < -0.3 is 20.7 Å². The third-order valence-corrected chi connectivity index (χ3v) is 3.31. The summed E-state index contributed by atoms with van der Waals surface area (Å²) >= 11 is 0. The van der Waals surface area contributed by atoms with Gasteiger partial charge in [0.15, 0.2) is 11.4 Å². The number of aromatic hydroxyl groups is 1. The molecule has 2 aromatic rings. The molecule has 0 aliphatic rings. The molecule has 1 heterocycles. The van der Waals surface area contributed by atoms with Crippen LogP contribution < -0.4 is 16.1 Å². The Morgan fingerprint density at radius 3 is 2.50 bits per heavy atom. The van der Waals surface area contributed by atoms with Gasteiger partial charge in [-0.2, -0.15) is 0 Å². The van der Waals surface area contributed by atoms with Crippen molar-refractivity contribution in [2.75, 3.05) is 7.05 Å². The Bertz CT molecular complexity index is 761. The number of halogens is 1. The summed E-state index contributed by atoms with van der Waals surface area (Å²) < 4.78 is 0. The predicted molar refractivity (Wildman–Crippen MR) is 91.4 cm³/mol. The Balaban J connectivity index is 0.00000288.